The molecule has 0 bridgehead atoms. The summed E-state index contributed by atoms with van der Waals surface area (Å²) in [7, 11) is 0. The lowest BCUT2D eigenvalue weighted by Crippen LogP contribution is -2.14. The van der Waals surface area contributed by atoms with Gasteiger partial charge in [0, 0.05) is 36.8 Å². The Labute approximate surface area is 204 Å². The maximum Gasteiger partial charge on any atom is 0.135 e. The SMILES string of the molecule is C[C@@H]1CCCCO1.Cc1nc2ccnc(-c3ccc(F)cc3F)c2nc1C.c1cnn(C2CC2)c1. The second-order valence-corrected chi connectivity index (χ2v) is 8.94. The van der Waals surface area contributed by atoms with Crippen LogP contribution in [0, 0.1) is 25.5 Å². The van der Waals surface area contributed by atoms with E-state index in [2.05, 4.69) is 27.0 Å². The van der Waals surface area contributed by atoms with Gasteiger partial charge in [0.15, 0.2) is 0 Å². The third-order valence-corrected chi connectivity index (χ3v) is 6.03. The standard InChI is InChI=1S/C15H11F2N3.C6H8N2.C6H12O/c1-8-9(2)20-15-13(19-8)5-6-18-14(15)11-4-3-10(16)7-12(11)17;1-4-7-8(5-1)6-2-3-6;1-6-4-2-3-5-7-6/h3-7H,1-2H3;1,4-6H,2-3H2;6H,2-5H2,1H3/t;;6-/m..1/s1. The molecule has 1 saturated heterocycles. The zero-order valence-electron chi connectivity index (χ0n) is 20.4. The molecule has 8 heteroatoms. The molecule has 35 heavy (non-hydrogen) atoms. The van der Waals surface area contributed by atoms with Crippen molar-refractivity contribution in [2.75, 3.05) is 6.61 Å². The highest BCUT2D eigenvalue weighted by molar-refractivity contribution is 5.89. The number of hydrogen-bond donors (Lipinski definition) is 0. The van der Waals surface area contributed by atoms with Gasteiger partial charge < -0.3 is 4.74 Å². The predicted octanol–water partition coefficient (Wildman–Crippen LogP) is 6.38. The number of hydrogen-bond acceptors (Lipinski definition) is 5. The van der Waals surface area contributed by atoms with E-state index in [1.54, 1.807) is 12.3 Å². The van der Waals surface area contributed by atoms with Crippen LogP contribution in [-0.4, -0.2) is 37.4 Å². The van der Waals surface area contributed by atoms with Crippen LogP contribution in [0.2, 0.25) is 0 Å². The minimum atomic E-state index is -0.662. The average molecular weight is 480 g/mol. The fourth-order valence-electron chi connectivity index (χ4n) is 3.77. The summed E-state index contributed by atoms with van der Waals surface area (Å²) < 4.78 is 34.2. The van der Waals surface area contributed by atoms with Gasteiger partial charge in [-0.15, -0.1) is 0 Å². The maximum absolute atomic E-state index is 13.9. The third-order valence-electron chi connectivity index (χ3n) is 6.03. The summed E-state index contributed by atoms with van der Waals surface area (Å²) in [6.07, 6.45) is 12.5. The Kier molecular flexibility index (Phi) is 8.13. The van der Waals surface area contributed by atoms with Crippen molar-refractivity contribution in [3.63, 3.8) is 0 Å². The van der Waals surface area contributed by atoms with Gasteiger partial charge in [-0.1, -0.05) is 0 Å². The smallest absolute Gasteiger partial charge is 0.135 e. The molecule has 2 fully saturated rings. The Bertz CT molecular complexity index is 1250. The highest BCUT2D eigenvalue weighted by atomic mass is 19.1. The molecule has 1 atom stereocenters. The van der Waals surface area contributed by atoms with E-state index < -0.39 is 11.6 Å². The lowest BCUT2D eigenvalue weighted by atomic mass is 10.1. The Hall–Kier alpha value is -3.26. The summed E-state index contributed by atoms with van der Waals surface area (Å²) in [6.45, 7) is 6.82. The van der Waals surface area contributed by atoms with Gasteiger partial charge in [-0.25, -0.2) is 18.7 Å². The quantitative estimate of drug-likeness (QED) is 0.334. The number of fused-ring (bicyclic) bond motifs is 1. The summed E-state index contributed by atoms with van der Waals surface area (Å²) in [5.74, 6) is -1.28. The lowest BCUT2D eigenvalue weighted by Gasteiger charge is -2.17. The van der Waals surface area contributed by atoms with E-state index in [1.807, 2.05) is 37.0 Å². The van der Waals surface area contributed by atoms with Crippen molar-refractivity contribution in [3.05, 3.63) is 71.9 Å². The molecule has 0 unspecified atom stereocenters. The normalized spacial score (nSPS) is 17.2. The van der Waals surface area contributed by atoms with Gasteiger partial charge in [-0.3, -0.25) is 9.67 Å². The van der Waals surface area contributed by atoms with Crippen LogP contribution in [0.4, 0.5) is 8.78 Å². The molecule has 6 nitrogen and oxygen atoms in total. The molecular weight excluding hydrogens is 448 g/mol. The number of aryl methyl sites for hydroxylation is 2. The molecule has 0 spiro atoms. The number of pyridine rings is 1. The molecule has 1 aliphatic heterocycles. The largest absolute Gasteiger partial charge is 0.379 e. The van der Waals surface area contributed by atoms with Crippen LogP contribution in [0.15, 0.2) is 48.9 Å². The van der Waals surface area contributed by atoms with Crippen LogP contribution in [-0.2, 0) is 4.74 Å². The van der Waals surface area contributed by atoms with Gasteiger partial charge in [0.25, 0.3) is 0 Å². The second-order valence-electron chi connectivity index (χ2n) is 8.94. The molecule has 4 aromatic rings. The number of rotatable bonds is 2. The first-order valence-electron chi connectivity index (χ1n) is 12.1. The highest BCUT2D eigenvalue weighted by Gasteiger charge is 2.23. The van der Waals surface area contributed by atoms with Crippen molar-refractivity contribution < 1.29 is 13.5 Å². The minimum Gasteiger partial charge on any atom is -0.379 e. The van der Waals surface area contributed by atoms with Crippen LogP contribution in [0.1, 0.15) is 56.5 Å². The Morgan fingerprint density at radius 3 is 2.37 bits per heavy atom. The van der Waals surface area contributed by atoms with Gasteiger partial charge >= 0.3 is 0 Å². The summed E-state index contributed by atoms with van der Waals surface area (Å²) in [6, 6.07) is 7.84. The molecule has 4 heterocycles. The maximum atomic E-state index is 13.9. The number of ether oxygens (including phenoxy) is 1. The van der Waals surface area contributed by atoms with E-state index >= 15 is 0 Å². The highest BCUT2D eigenvalue weighted by Crippen LogP contribution is 2.33. The Balaban J connectivity index is 0.000000156. The van der Waals surface area contributed by atoms with Crippen molar-refractivity contribution >= 4 is 11.0 Å². The summed E-state index contributed by atoms with van der Waals surface area (Å²) in [5.41, 5.74) is 3.32. The topological polar surface area (TPSA) is 65.7 Å². The van der Waals surface area contributed by atoms with Crippen LogP contribution in [0.3, 0.4) is 0 Å². The molecule has 6 rings (SSSR count). The van der Waals surface area contributed by atoms with Gasteiger partial charge in [-0.05, 0) is 77.1 Å². The zero-order chi connectivity index (χ0) is 24.8. The molecule has 0 N–H and O–H groups in total. The fourth-order valence-corrected chi connectivity index (χ4v) is 3.77. The summed E-state index contributed by atoms with van der Waals surface area (Å²) in [5, 5.41) is 4.09. The minimum absolute atomic E-state index is 0.217. The molecule has 1 aromatic carbocycles. The van der Waals surface area contributed by atoms with Crippen LogP contribution in [0.25, 0.3) is 22.3 Å². The monoisotopic (exact) mass is 479 g/mol. The number of halogens is 2. The van der Waals surface area contributed by atoms with Crippen LogP contribution >= 0.6 is 0 Å². The van der Waals surface area contributed by atoms with Crippen molar-refractivity contribution in [1.82, 2.24) is 24.7 Å². The van der Waals surface area contributed by atoms with Crippen LogP contribution < -0.4 is 0 Å². The molecular formula is C27H31F2N5O. The number of benzene rings is 1. The molecule has 184 valence electrons. The third kappa shape index (κ3) is 6.66. The van der Waals surface area contributed by atoms with E-state index in [4.69, 9.17) is 4.74 Å². The van der Waals surface area contributed by atoms with E-state index in [-0.39, 0.29) is 5.56 Å². The molecule has 2 aliphatic rings. The summed E-state index contributed by atoms with van der Waals surface area (Å²) in [4.78, 5) is 13.0. The molecule has 0 amide bonds. The van der Waals surface area contributed by atoms with E-state index in [0.29, 0.717) is 22.8 Å². The fraction of sp³-hybridized carbons (Fsp3) is 0.407. The van der Waals surface area contributed by atoms with Crippen molar-refractivity contribution in [1.29, 1.82) is 0 Å². The molecule has 0 radical (unpaired) electrons. The lowest BCUT2D eigenvalue weighted by molar-refractivity contribution is 0.0285. The van der Waals surface area contributed by atoms with Gasteiger partial charge in [-0.2, -0.15) is 5.10 Å². The molecule has 1 aliphatic carbocycles. The Morgan fingerprint density at radius 1 is 0.971 bits per heavy atom. The van der Waals surface area contributed by atoms with E-state index in [1.165, 1.54) is 44.2 Å². The first kappa shape index (κ1) is 24.9. The van der Waals surface area contributed by atoms with Crippen molar-refractivity contribution in [3.8, 4) is 11.3 Å². The molecule has 1 saturated carbocycles. The number of nitrogens with zero attached hydrogens (tertiary/aromatic N) is 5. The van der Waals surface area contributed by atoms with Gasteiger partial charge in [0.2, 0.25) is 0 Å². The van der Waals surface area contributed by atoms with E-state index in [9.17, 15) is 8.78 Å². The second kappa shape index (κ2) is 11.4. The van der Waals surface area contributed by atoms with Gasteiger partial charge in [0.1, 0.15) is 22.8 Å². The van der Waals surface area contributed by atoms with Crippen LogP contribution in [0.5, 0.6) is 0 Å². The van der Waals surface area contributed by atoms with Gasteiger partial charge in [0.05, 0.1) is 29.1 Å². The first-order valence-corrected chi connectivity index (χ1v) is 12.1. The molecule has 3 aromatic heterocycles. The predicted molar refractivity (Wildman–Crippen MR) is 132 cm³/mol. The zero-order valence-corrected chi connectivity index (χ0v) is 20.4. The van der Waals surface area contributed by atoms with Crippen molar-refractivity contribution in [2.24, 2.45) is 0 Å². The number of aromatic nitrogens is 5. The summed E-state index contributed by atoms with van der Waals surface area (Å²) >= 11 is 0. The van der Waals surface area contributed by atoms with E-state index in [0.717, 1.165) is 30.1 Å². The Morgan fingerprint density at radius 2 is 1.77 bits per heavy atom. The first-order chi connectivity index (χ1) is 16.9. The average Bonchev–Trinajstić information content (AvgIpc) is 3.55. The van der Waals surface area contributed by atoms with Crippen molar-refractivity contribution in [2.45, 2.75) is 65.0 Å².